The number of ether oxygens (including phenoxy) is 1. The van der Waals surface area contributed by atoms with Gasteiger partial charge in [-0.25, -0.2) is 4.79 Å². The van der Waals surface area contributed by atoms with Crippen LogP contribution < -0.4 is 5.32 Å². The van der Waals surface area contributed by atoms with Crippen molar-refractivity contribution in [2.24, 2.45) is 0 Å². The summed E-state index contributed by atoms with van der Waals surface area (Å²) in [5.41, 5.74) is -0.203. The van der Waals surface area contributed by atoms with Crippen molar-refractivity contribution in [1.82, 2.24) is 20.0 Å². The highest BCUT2D eigenvalue weighted by Gasteiger charge is 2.48. The fourth-order valence-electron chi connectivity index (χ4n) is 4.66. The number of aromatic nitrogens is 2. The Kier molecular flexibility index (Phi) is 6.74. The van der Waals surface area contributed by atoms with E-state index in [2.05, 4.69) is 10.4 Å². The monoisotopic (exact) mass is 472 g/mol. The van der Waals surface area contributed by atoms with Gasteiger partial charge in [0.2, 0.25) is 5.91 Å². The molecule has 1 aromatic carbocycles. The number of rotatable bonds is 5. The van der Waals surface area contributed by atoms with Gasteiger partial charge < -0.3 is 15.0 Å². The number of halogens is 1. The highest BCUT2D eigenvalue weighted by Crippen LogP contribution is 2.31. The number of hydrogen-bond acceptors (Lipinski definition) is 5. The molecule has 9 heteroatoms. The molecule has 1 N–H and O–H groups in total. The van der Waals surface area contributed by atoms with Crippen molar-refractivity contribution in [2.75, 3.05) is 7.11 Å². The van der Waals surface area contributed by atoms with Crippen LogP contribution in [0.1, 0.15) is 72.0 Å². The second kappa shape index (κ2) is 9.55. The van der Waals surface area contributed by atoms with E-state index >= 15 is 0 Å². The van der Waals surface area contributed by atoms with Crippen LogP contribution in [0.2, 0.25) is 5.02 Å². The van der Waals surface area contributed by atoms with Crippen molar-refractivity contribution in [1.29, 1.82) is 0 Å². The Balaban J connectivity index is 1.70. The predicted molar refractivity (Wildman–Crippen MR) is 123 cm³/mol. The third-order valence-corrected chi connectivity index (χ3v) is 7.03. The number of esters is 1. The lowest BCUT2D eigenvalue weighted by Gasteiger charge is -2.44. The Hall–Kier alpha value is -2.87. The first kappa shape index (κ1) is 23.3. The van der Waals surface area contributed by atoms with Crippen LogP contribution in [0.4, 0.5) is 0 Å². The molecule has 1 aliphatic carbocycles. The second-order valence-corrected chi connectivity index (χ2v) is 9.39. The number of fused-ring (bicyclic) bond motifs is 1. The van der Waals surface area contributed by atoms with E-state index in [-0.39, 0.29) is 42.3 Å². The van der Waals surface area contributed by atoms with E-state index in [0.717, 1.165) is 31.2 Å². The number of benzene rings is 1. The van der Waals surface area contributed by atoms with Crippen molar-refractivity contribution < 1.29 is 19.1 Å². The summed E-state index contributed by atoms with van der Waals surface area (Å²) < 4.78 is 6.20. The third-order valence-electron chi connectivity index (χ3n) is 6.66. The maximum Gasteiger partial charge on any atom is 0.358 e. The molecule has 1 unspecified atom stereocenters. The average Bonchev–Trinajstić information content (AvgIpc) is 3.05. The number of nitrogens with zero attached hydrogens (tertiary/aromatic N) is 3. The lowest BCUT2D eigenvalue weighted by atomic mass is 9.93. The Bertz CT molecular complexity index is 1060. The summed E-state index contributed by atoms with van der Waals surface area (Å²) in [5, 5.41) is 7.97. The van der Waals surface area contributed by atoms with Gasteiger partial charge in [0.25, 0.3) is 5.91 Å². The van der Waals surface area contributed by atoms with Crippen molar-refractivity contribution in [2.45, 2.75) is 70.1 Å². The van der Waals surface area contributed by atoms with Crippen LogP contribution >= 0.6 is 11.6 Å². The topological polar surface area (TPSA) is 93.5 Å². The van der Waals surface area contributed by atoms with E-state index in [1.807, 2.05) is 18.2 Å². The van der Waals surface area contributed by atoms with Gasteiger partial charge in [0.15, 0.2) is 5.69 Å². The molecule has 1 fully saturated rings. The minimum absolute atomic E-state index is 0.0342. The standard InChI is InChI=1S/C24H29ClN4O4/c1-24(23(32)26-17-10-5-3-4-6-11-17)15-29-20(13-19(27-29)22(31)33-2)21(30)28(24)14-16-9-7-8-12-18(16)25/h7-9,12-13,17H,3-6,10-11,14-15H2,1-2H3,(H,26,32). The van der Waals surface area contributed by atoms with Crippen LogP contribution in [0.15, 0.2) is 30.3 Å². The zero-order valence-corrected chi connectivity index (χ0v) is 19.7. The van der Waals surface area contributed by atoms with E-state index in [1.165, 1.54) is 30.7 Å². The lowest BCUT2D eigenvalue weighted by Crippen LogP contribution is -2.64. The first-order valence-electron chi connectivity index (χ1n) is 11.4. The SMILES string of the molecule is COC(=O)c1cc2n(n1)CC(C)(C(=O)NC1CCCCCC1)N(Cc1ccccc1Cl)C2=O. The van der Waals surface area contributed by atoms with E-state index in [9.17, 15) is 14.4 Å². The number of amides is 2. The minimum atomic E-state index is -1.21. The molecule has 0 radical (unpaired) electrons. The van der Waals surface area contributed by atoms with Crippen LogP contribution in [0.25, 0.3) is 0 Å². The van der Waals surface area contributed by atoms with Gasteiger partial charge in [0.05, 0.1) is 13.7 Å². The molecule has 0 saturated heterocycles. The molecule has 1 atom stereocenters. The first-order chi connectivity index (χ1) is 15.8. The minimum Gasteiger partial charge on any atom is -0.464 e. The molecule has 176 valence electrons. The molecule has 2 amide bonds. The van der Waals surface area contributed by atoms with E-state index in [1.54, 1.807) is 17.9 Å². The van der Waals surface area contributed by atoms with Crippen LogP contribution in [0.5, 0.6) is 0 Å². The highest BCUT2D eigenvalue weighted by atomic mass is 35.5. The van der Waals surface area contributed by atoms with E-state index < -0.39 is 11.5 Å². The predicted octanol–water partition coefficient (Wildman–Crippen LogP) is 3.58. The number of carbonyl (C=O) groups excluding carboxylic acids is 3. The summed E-state index contributed by atoms with van der Waals surface area (Å²) in [6.45, 7) is 2.02. The first-order valence-corrected chi connectivity index (χ1v) is 11.7. The smallest absolute Gasteiger partial charge is 0.358 e. The van der Waals surface area contributed by atoms with Crippen LogP contribution in [-0.4, -0.2) is 51.2 Å². The zero-order chi connectivity index (χ0) is 23.6. The highest BCUT2D eigenvalue weighted by molar-refractivity contribution is 6.31. The van der Waals surface area contributed by atoms with E-state index in [0.29, 0.717) is 5.02 Å². The molecular weight excluding hydrogens is 444 g/mol. The fourth-order valence-corrected chi connectivity index (χ4v) is 4.85. The Morgan fingerprint density at radius 2 is 1.91 bits per heavy atom. The van der Waals surface area contributed by atoms with Gasteiger partial charge in [0.1, 0.15) is 11.2 Å². The summed E-state index contributed by atoms with van der Waals surface area (Å²) in [4.78, 5) is 40.8. The molecule has 2 heterocycles. The maximum atomic E-state index is 13.7. The number of methoxy groups -OCH3 is 1. The molecule has 0 bridgehead atoms. The summed E-state index contributed by atoms with van der Waals surface area (Å²) >= 11 is 6.39. The second-order valence-electron chi connectivity index (χ2n) is 8.98. The van der Waals surface area contributed by atoms with Crippen LogP contribution in [-0.2, 0) is 22.6 Å². The van der Waals surface area contributed by atoms with Gasteiger partial charge in [0, 0.05) is 23.7 Å². The van der Waals surface area contributed by atoms with Gasteiger partial charge in [-0.2, -0.15) is 5.10 Å². The Morgan fingerprint density at radius 1 is 1.21 bits per heavy atom. The molecule has 1 aromatic heterocycles. The molecule has 1 saturated carbocycles. The van der Waals surface area contributed by atoms with E-state index in [4.69, 9.17) is 16.3 Å². The molecule has 2 aliphatic rings. The molecular formula is C24H29ClN4O4. The van der Waals surface area contributed by atoms with Gasteiger partial charge in [-0.3, -0.25) is 14.3 Å². The number of hydrogen-bond donors (Lipinski definition) is 1. The maximum absolute atomic E-state index is 13.7. The van der Waals surface area contributed by atoms with Crippen LogP contribution in [0.3, 0.4) is 0 Å². The molecule has 4 rings (SSSR count). The Labute approximate surface area is 198 Å². The number of carbonyl (C=O) groups is 3. The number of nitrogens with one attached hydrogen (secondary N) is 1. The van der Waals surface area contributed by atoms with Crippen molar-refractivity contribution in [3.05, 3.63) is 52.3 Å². The quantitative estimate of drug-likeness (QED) is 0.530. The van der Waals surface area contributed by atoms with Crippen molar-refractivity contribution in [3.8, 4) is 0 Å². The largest absolute Gasteiger partial charge is 0.464 e. The zero-order valence-electron chi connectivity index (χ0n) is 19.0. The summed E-state index contributed by atoms with van der Waals surface area (Å²) in [6.07, 6.45) is 6.37. The normalized spacial score (nSPS) is 21.3. The Morgan fingerprint density at radius 3 is 2.58 bits per heavy atom. The third kappa shape index (κ3) is 4.62. The average molecular weight is 473 g/mol. The van der Waals surface area contributed by atoms with Gasteiger partial charge in [-0.05, 0) is 31.4 Å². The fraction of sp³-hybridized carbons (Fsp3) is 0.500. The van der Waals surface area contributed by atoms with Gasteiger partial charge in [-0.1, -0.05) is 55.5 Å². The lowest BCUT2D eigenvalue weighted by molar-refractivity contribution is -0.134. The summed E-state index contributed by atoms with van der Waals surface area (Å²) in [7, 11) is 1.26. The molecule has 1 aliphatic heterocycles. The summed E-state index contributed by atoms with van der Waals surface area (Å²) in [5.74, 6) is -1.25. The van der Waals surface area contributed by atoms with Crippen LogP contribution in [0, 0.1) is 0 Å². The molecule has 2 aromatic rings. The van der Waals surface area contributed by atoms with Crippen molar-refractivity contribution in [3.63, 3.8) is 0 Å². The van der Waals surface area contributed by atoms with Gasteiger partial charge in [-0.15, -0.1) is 0 Å². The summed E-state index contributed by atoms with van der Waals surface area (Å²) in [6, 6.07) is 8.76. The molecule has 8 nitrogen and oxygen atoms in total. The molecule has 0 spiro atoms. The van der Waals surface area contributed by atoms with Crippen molar-refractivity contribution >= 4 is 29.4 Å². The molecule has 33 heavy (non-hydrogen) atoms. The van der Waals surface area contributed by atoms with Gasteiger partial charge >= 0.3 is 5.97 Å².